The molecular weight excluding hydrogens is 537 g/mol. The number of ketones is 1. The molecule has 1 aromatic carbocycles. The van der Waals surface area contributed by atoms with E-state index in [1.807, 2.05) is 35.2 Å². The molecule has 0 N–H and O–H groups in total. The van der Waals surface area contributed by atoms with Crippen molar-refractivity contribution in [3.05, 3.63) is 42.6 Å². The molecule has 0 radical (unpaired) electrons. The van der Waals surface area contributed by atoms with E-state index in [9.17, 15) is 9.59 Å². The van der Waals surface area contributed by atoms with Gasteiger partial charge < -0.3 is 18.8 Å². The fourth-order valence-electron chi connectivity index (χ4n) is 9.27. The lowest BCUT2D eigenvalue weighted by Gasteiger charge is -2.64. The molecule has 1 amide bonds. The lowest BCUT2D eigenvalue weighted by molar-refractivity contribution is -0.199. The molecule has 1 unspecified atom stereocenters. The number of para-hydroxylation sites is 1. The van der Waals surface area contributed by atoms with Crippen molar-refractivity contribution in [2.24, 2.45) is 35.0 Å². The van der Waals surface area contributed by atoms with Crippen molar-refractivity contribution in [3.63, 3.8) is 0 Å². The number of amides is 1. The first-order valence-corrected chi connectivity index (χ1v) is 16.4. The average molecular weight is 584 g/mol. The molecule has 2 aromatic heterocycles. The highest BCUT2D eigenvalue weighted by Gasteiger charge is 2.69. The van der Waals surface area contributed by atoms with Crippen LogP contribution < -0.4 is 0 Å². The topological polar surface area (TPSA) is 73.7 Å². The summed E-state index contributed by atoms with van der Waals surface area (Å²) in [5.74, 6) is 1.51. The second-order valence-corrected chi connectivity index (χ2v) is 15.3. The van der Waals surface area contributed by atoms with Crippen LogP contribution in [0.15, 0.2) is 42.6 Å². The summed E-state index contributed by atoms with van der Waals surface area (Å²) in [7, 11) is -0.428. The lowest BCUT2D eigenvalue weighted by atomic mass is 9.43. The Morgan fingerprint density at radius 3 is 2.63 bits per heavy atom. The summed E-state index contributed by atoms with van der Waals surface area (Å²) in [4.78, 5) is 34.5. The summed E-state index contributed by atoms with van der Waals surface area (Å²) in [5.41, 5.74) is 2.81. The molecule has 2 aliphatic heterocycles. The molecular formula is C35H46BN3O4. The number of Topliss-reactive ketones (excluding diaryl/α,β-unsaturated/α-hetero) is 1. The van der Waals surface area contributed by atoms with Crippen molar-refractivity contribution in [1.29, 1.82) is 0 Å². The van der Waals surface area contributed by atoms with Gasteiger partial charge in [-0.2, -0.15) is 0 Å². The molecule has 8 rings (SSSR count). The normalized spacial score (nSPS) is 32.3. The highest BCUT2D eigenvalue weighted by atomic mass is 16.7. The Kier molecular flexibility index (Phi) is 7.05. The van der Waals surface area contributed by atoms with E-state index in [2.05, 4.69) is 57.2 Å². The zero-order valence-electron chi connectivity index (χ0n) is 26.6. The van der Waals surface area contributed by atoms with Crippen molar-refractivity contribution in [1.82, 2.24) is 14.5 Å². The Labute approximate surface area is 255 Å². The van der Waals surface area contributed by atoms with E-state index in [1.54, 1.807) is 6.20 Å². The summed E-state index contributed by atoms with van der Waals surface area (Å²) < 4.78 is 15.7. The number of hydrogen-bond acceptors (Lipinski definition) is 5. The average Bonchev–Trinajstić information content (AvgIpc) is 3.48. The molecule has 7 nitrogen and oxygen atoms in total. The monoisotopic (exact) mass is 583 g/mol. The van der Waals surface area contributed by atoms with Crippen LogP contribution in [0.3, 0.4) is 0 Å². The quantitative estimate of drug-likeness (QED) is 0.291. The number of fused-ring (bicyclic) bond motifs is 3. The minimum Gasteiger partial charge on any atom is -0.404 e. The number of likely N-dealkylation sites (tertiary alicyclic amines) is 1. The van der Waals surface area contributed by atoms with Crippen molar-refractivity contribution >= 4 is 40.7 Å². The van der Waals surface area contributed by atoms with E-state index in [0.717, 1.165) is 41.2 Å². The maximum Gasteiger partial charge on any atom is 0.481 e. The van der Waals surface area contributed by atoms with Gasteiger partial charge in [-0.3, -0.25) is 14.6 Å². The van der Waals surface area contributed by atoms with Crippen molar-refractivity contribution in [2.45, 2.75) is 97.8 Å². The summed E-state index contributed by atoms with van der Waals surface area (Å²) >= 11 is 0. The first-order chi connectivity index (χ1) is 20.5. The number of carbonyl (C=O) groups is 2. The summed E-state index contributed by atoms with van der Waals surface area (Å²) in [5, 5.41) is 1.04. The highest BCUT2D eigenvalue weighted by Crippen LogP contribution is 2.66. The van der Waals surface area contributed by atoms with Crippen LogP contribution in [-0.4, -0.2) is 57.5 Å². The van der Waals surface area contributed by atoms with E-state index in [1.165, 1.54) is 6.42 Å². The molecule has 8 heteroatoms. The number of pyridine rings is 1. The second-order valence-electron chi connectivity index (χ2n) is 15.3. The van der Waals surface area contributed by atoms with Gasteiger partial charge in [0, 0.05) is 30.5 Å². The third-order valence-corrected chi connectivity index (χ3v) is 11.6. The van der Waals surface area contributed by atoms with Crippen LogP contribution in [0, 0.1) is 35.0 Å². The Morgan fingerprint density at radius 1 is 1.09 bits per heavy atom. The Bertz CT molecular complexity index is 1510. The lowest BCUT2D eigenvalue weighted by Crippen LogP contribution is -2.65. The van der Waals surface area contributed by atoms with Gasteiger partial charge in [0.05, 0.1) is 40.7 Å². The van der Waals surface area contributed by atoms with E-state index in [-0.39, 0.29) is 53.6 Å². The van der Waals surface area contributed by atoms with Gasteiger partial charge in [-0.15, -0.1) is 0 Å². The third-order valence-electron chi connectivity index (χ3n) is 11.6. The molecule has 2 bridgehead atoms. The molecule has 7 atom stereocenters. The highest BCUT2D eigenvalue weighted by molar-refractivity contribution is 6.47. The summed E-state index contributed by atoms with van der Waals surface area (Å²) in [6.07, 6.45) is 5.91. The van der Waals surface area contributed by atoms with Crippen LogP contribution in [0.4, 0.5) is 0 Å². The van der Waals surface area contributed by atoms with E-state index in [4.69, 9.17) is 9.31 Å². The zero-order chi connectivity index (χ0) is 30.3. The molecule has 43 heavy (non-hydrogen) atoms. The van der Waals surface area contributed by atoms with Crippen LogP contribution in [0.2, 0.25) is 0 Å². The van der Waals surface area contributed by atoms with Gasteiger partial charge in [0.2, 0.25) is 5.91 Å². The number of aromatic nitrogens is 2. The molecule has 5 fully saturated rings. The predicted molar refractivity (Wildman–Crippen MR) is 169 cm³/mol. The zero-order valence-corrected chi connectivity index (χ0v) is 26.6. The van der Waals surface area contributed by atoms with Crippen LogP contribution in [0.5, 0.6) is 0 Å². The van der Waals surface area contributed by atoms with Crippen LogP contribution in [-0.2, 0) is 25.4 Å². The van der Waals surface area contributed by atoms with Gasteiger partial charge >= 0.3 is 7.12 Å². The molecule has 3 saturated carbocycles. The fraction of sp³-hybridized carbons (Fsp3) is 0.629. The van der Waals surface area contributed by atoms with Gasteiger partial charge in [0.15, 0.2) is 5.78 Å². The van der Waals surface area contributed by atoms with Gasteiger partial charge in [-0.1, -0.05) is 52.8 Å². The number of hydrogen-bond donors (Lipinski definition) is 0. The van der Waals surface area contributed by atoms with Gasteiger partial charge in [-0.05, 0) is 79.9 Å². The minimum atomic E-state index is -0.428. The molecule has 4 heterocycles. The van der Waals surface area contributed by atoms with E-state index >= 15 is 0 Å². The fourth-order valence-corrected chi connectivity index (χ4v) is 9.27. The van der Waals surface area contributed by atoms with Gasteiger partial charge in [0.1, 0.15) is 0 Å². The Hall–Kier alpha value is -2.71. The molecule has 5 aliphatic rings. The Balaban J connectivity index is 1.11. The second kappa shape index (κ2) is 10.4. The van der Waals surface area contributed by atoms with E-state index in [0.29, 0.717) is 30.2 Å². The predicted octanol–water partition coefficient (Wildman–Crippen LogP) is 6.32. The minimum absolute atomic E-state index is 0.0771. The SMILES string of the molecule is CC(C)C[C@@H](B1O[C@@H]2C[C@@H]3C[C@@H](C3(C)C)[C@]2(C)O1)N1CC(C)C[C@H](CC(=O)Cn2c3ccccc3c3ncccc32)C1=O. The third kappa shape index (κ3) is 4.66. The largest absolute Gasteiger partial charge is 0.481 e. The molecule has 2 saturated heterocycles. The molecule has 3 aromatic rings. The molecule has 228 valence electrons. The Morgan fingerprint density at radius 2 is 1.86 bits per heavy atom. The van der Waals surface area contributed by atoms with Crippen LogP contribution in [0.1, 0.15) is 73.6 Å². The number of carbonyl (C=O) groups excluding carboxylic acids is 2. The first-order valence-electron chi connectivity index (χ1n) is 16.4. The number of benzene rings is 1. The molecule has 3 aliphatic carbocycles. The van der Waals surface area contributed by atoms with Gasteiger partial charge in [0.25, 0.3) is 0 Å². The van der Waals surface area contributed by atoms with Crippen molar-refractivity contribution in [2.75, 3.05) is 6.54 Å². The number of nitrogens with zero attached hydrogens (tertiary/aromatic N) is 3. The van der Waals surface area contributed by atoms with Crippen molar-refractivity contribution in [3.8, 4) is 0 Å². The standard InChI is InChI=1S/C35H46BN3O4/c1-21(2)14-31(36-42-30-18-24-17-29(34(24,4)5)35(30,6)43-36)39-19-22(3)15-23(33(39)41)16-25(40)20-38-27-11-8-7-10-26(27)32-28(38)12-9-13-37-32/h7-13,21-24,29-31H,14-20H2,1-6H3/t22?,23-,24+,29+,30-,31+,35+/m1/s1. The maximum atomic E-state index is 14.2. The van der Waals surface area contributed by atoms with Crippen molar-refractivity contribution < 1.29 is 18.9 Å². The number of piperidine rings is 1. The maximum absolute atomic E-state index is 14.2. The van der Waals surface area contributed by atoms with Crippen LogP contribution in [0.25, 0.3) is 21.9 Å². The van der Waals surface area contributed by atoms with Gasteiger partial charge in [-0.25, -0.2) is 0 Å². The number of rotatable bonds is 8. The smallest absolute Gasteiger partial charge is 0.404 e. The first kappa shape index (κ1) is 29.0. The molecule has 0 spiro atoms. The summed E-state index contributed by atoms with van der Waals surface area (Å²) in [6, 6.07) is 12.0. The van der Waals surface area contributed by atoms with E-state index < -0.39 is 7.12 Å². The summed E-state index contributed by atoms with van der Waals surface area (Å²) in [6.45, 7) is 14.5. The van der Waals surface area contributed by atoms with Crippen LogP contribution >= 0.6 is 0 Å².